The van der Waals surface area contributed by atoms with Crippen molar-refractivity contribution in [1.29, 1.82) is 0 Å². The van der Waals surface area contributed by atoms with Gasteiger partial charge in [-0.1, -0.05) is 48.5 Å². The number of aromatic nitrogens is 2. The van der Waals surface area contributed by atoms with Gasteiger partial charge in [0, 0.05) is 0 Å². The van der Waals surface area contributed by atoms with Gasteiger partial charge < -0.3 is 9.30 Å². The van der Waals surface area contributed by atoms with E-state index in [0.717, 1.165) is 22.4 Å². The minimum Gasteiger partial charge on any atom is -0.468 e. The second-order valence-electron chi connectivity index (χ2n) is 4.87. The monoisotopic (exact) mass is 292 g/mol. The second-order valence-corrected chi connectivity index (χ2v) is 4.87. The van der Waals surface area contributed by atoms with Gasteiger partial charge in [-0.3, -0.25) is 4.79 Å². The van der Waals surface area contributed by atoms with Gasteiger partial charge in [0.25, 0.3) is 0 Å². The lowest BCUT2D eigenvalue weighted by atomic mass is 10.2. The van der Waals surface area contributed by atoms with E-state index in [0.29, 0.717) is 0 Å². The first-order chi connectivity index (χ1) is 10.8. The van der Waals surface area contributed by atoms with Crippen molar-refractivity contribution in [3.8, 4) is 0 Å². The number of carbonyl (C=O) groups excluding carboxylic acids is 1. The smallest absolute Gasteiger partial charge is 0.325 e. The number of hydrogen-bond donors (Lipinski definition) is 0. The van der Waals surface area contributed by atoms with Crippen LogP contribution in [0.25, 0.3) is 23.2 Å². The largest absolute Gasteiger partial charge is 0.468 e. The van der Waals surface area contributed by atoms with Crippen molar-refractivity contribution in [2.45, 2.75) is 6.54 Å². The Hall–Kier alpha value is -2.88. The van der Waals surface area contributed by atoms with Crippen LogP contribution in [0, 0.1) is 0 Å². The van der Waals surface area contributed by atoms with Crippen LogP contribution < -0.4 is 0 Å². The number of imidazole rings is 1. The molecule has 4 nitrogen and oxygen atoms in total. The third-order valence-corrected chi connectivity index (χ3v) is 3.42. The molecule has 0 atom stereocenters. The number of ether oxygens (including phenoxy) is 1. The van der Waals surface area contributed by atoms with Crippen molar-refractivity contribution in [3.05, 3.63) is 66.0 Å². The van der Waals surface area contributed by atoms with Gasteiger partial charge in [0.2, 0.25) is 0 Å². The second kappa shape index (κ2) is 6.26. The molecule has 0 spiro atoms. The lowest BCUT2D eigenvalue weighted by Crippen LogP contribution is -2.12. The summed E-state index contributed by atoms with van der Waals surface area (Å²) in [5.41, 5.74) is 2.86. The molecule has 0 fully saturated rings. The van der Waals surface area contributed by atoms with Crippen LogP contribution >= 0.6 is 0 Å². The van der Waals surface area contributed by atoms with Crippen LogP contribution in [0.4, 0.5) is 0 Å². The van der Waals surface area contributed by atoms with Crippen LogP contribution in [0.15, 0.2) is 54.6 Å². The van der Waals surface area contributed by atoms with Crippen molar-refractivity contribution in [2.75, 3.05) is 7.11 Å². The van der Waals surface area contributed by atoms with Crippen molar-refractivity contribution in [1.82, 2.24) is 9.55 Å². The van der Waals surface area contributed by atoms with Gasteiger partial charge >= 0.3 is 5.97 Å². The Morgan fingerprint density at radius 3 is 2.59 bits per heavy atom. The molecule has 110 valence electrons. The Balaban J connectivity index is 2.02. The van der Waals surface area contributed by atoms with E-state index in [9.17, 15) is 4.79 Å². The van der Waals surface area contributed by atoms with Gasteiger partial charge in [0.05, 0.1) is 18.1 Å². The topological polar surface area (TPSA) is 44.1 Å². The van der Waals surface area contributed by atoms with E-state index in [4.69, 9.17) is 4.74 Å². The number of fused-ring (bicyclic) bond motifs is 1. The Bertz CT molecular complexity index is 819. The Morgan fingerprint density at radius 1 is 1.09 bits per heavy atom. The Morgan fingerprint density at radius 2 is 1.82 bits per heavy atom. The summed E-state index contributed by atoms with van der Waals surface area (Å²) < 4.78 is 6.64. The van der Waals surface area contributed by atoms with E-state index < -0.39 is 0 Å². The molecule has 3 rings (SSSR count). The molecule has 22 heavy (non-hydrogen) atoms. The molecule has 1 aromatic heterocycles. The molecule has 0 aliphatic carbocycles. The SMILES string of the molecule is COC(=O)Cn1c(C=Cc2ccccc2)nc2ccccc21. The zero-order valence-corrected chi connectivity index (χ0v) is 12.3. The zero-order valence-electron chi connectivity index (χ0n) is 12.3. The molecular weight excluding hydrogens is 276 g/mol. The molecule has 0 bridgehead atoms. The van der Waals surface area contributed by atoms with Crippen LogP contribution in [0.2, 0.25) is 0 Å². The molecule has 0 amide bonds. The molecule has 0 radical (unpaired) electrons. The lowest BCUT2D eigenvalue weighted by molar-refractivity contribution is -0.141. The summed E-state index contributed by atoms with van der Waals surface area (Å²) in [6.45, 7) is 0.144. The summed E-state index contributed by atoms with van der Waals surface area (Å²) in [6.07, 6.45) is 3.90. The number of esters is 1. The quantitative estimate of drug-likeness (QED) is 0.692. The molecule has 0 aliphatic rings. The predicted molar refractivity (Wildman–Crippen MR) is 87.1 cm³/mol. The number of methoxy groups -OCH3 is 1. The summed E-state index contributed by atoms with van der Waals surface area (Å²) in [5, 5.41) is 0. The normalized spacial score (nSPS) is 11.1. The lowest BCUT2D eigenvalue weighted by Gasteiger charge is -2.05. The number of rotatable bonds is 4. The fourth-order valence-corrected chi connectivity index (χ4v) is 2.32. The van der Waals surface area contributed by atoms with Crippen LogP contribution in [-0.4, -0.2) is 22.6 Å². The number of hydrogen-bond acceptors (Lipinski definition) is 3. The molecule has 2 aromatic carbocycles. The van der Waals surface area contributed by atoms with Crippen molar-refractivity contribution >= 4 is 29.2 Å². The van der Waals surface area contributed by atoms with Crippen molar-refractivity contribution < 1.29 is 9.53 Å². The molecule has 1 heterocycles. The van der Waals surface area contributed by atoms with E-state index in [1.807, 2.05) is 71.3 Å². The van der Waals surface area contributed by atoms with Gasteiger partial charge in [0.1, 0.15) is 12.4 Å². The molecular formula is C18H16N2O2. The first-order valence-corrected chi connectivity index (χ1v) is 7.03. The Labute approximate surface area is 128 Å². The zero-order chi connectivity index (χ0) is 15.4. The minimum absolute atomic E-state index is 0.144. The van der Waals surface area contributed by atoms with E-state index in [2.05, 4.69) is 4.98 Å². The summed E-state index contributed by atoms with van der Waals surface area (Å²) in [6, 6.07) is 17.7. The first kappa shape index (κ1) is 14.1. The Kier molecular flexibility index (Phi) is 4.01. The van der Waals surface area contributed by atoms with Crippen molar-refractivity contribution in [3.63, 3.8) is 0 Å². The van der Waals surface area contributed by atoms with Gasteiger partial charge in [-0.05, 0) is 23.8 Å². The fraction of sp³-hybridized carbons (Fsp3) is 0.111. The first-order valence-electron chi connectivity index (χ1n) is 7.03. The van der Waals surface area contributed by atoms with Gasteiger partial charge in [0.15, 0.2) is 0 Å². The molecule has 0 saturated heterocycles. The maximum atomic E-state index is 11.7. The fourth-order valence-electron chi connectivity index (χ4n) is 2.32. The van der Waals surface area contributed by atoms with Crippen LogP contribution in [-0.2, 0) is 16.1 Å². The highest BCUT2D eigenvalue weighted by Gasteiger charge is 2.11. The molecule has 0 unspecified atom stereocenters. The molecule has 4 heteroatoms. The average molecular weight is 292 g/mol. The van der Waals surface area contributed by atoms with Crippen LogP contribution in [0.5, 0.6) is 0 Å². The van der Waals surface area contributed by atoms with E-state index >= 15 is 0 Å². The standard InChI is InChI=1S/C18H16N2O2/c1-22-18(21)13-20-16-10-6-5-9-15(16)19-17(20)12-11-14-7-3-2-4-8-14/h2-12H,13H2,1H3. The summed E-state index contributed by atoms with van der Waals surface area (Å²) in [7, 11) is 1.39. The summed E-state index contributed by atoms with van der Waals surface area (Å²) >= 11 is 0. The number of nitrogens with zero attached hydrogens (tertiary/aromatic N) is 2. The molecule has 0 saturated carbocycles. The maximum Gasteiger partial charge on any atom is 0.325 e. The molecule has 0 N–H and O–H groups in total. The number of benzene rings is 2. The highest BCUT2D eigenvalue weighted by molar-refractivity contribution is 5.82. The summed E-state index contributed by atoms with van der Waals surface area (Å²) in [4.78, 5) is 16.2. The third kappa shape index (κ3) is 2.91. The predicted octanol–water partition coefficient (Wildman–Crippen LogP) is 3.38. The maximum absolute atomic E-state index is 11.7. The molecule has 3 aromatic rings. The number of carbonyl (C=O) groups is 1. The van der Waals surface area contributed by atoms with Crippen LogP contribution in [0.3, 0.4) is 0 Å². The highest BCUT2D eigenvalue weighted by Crippen LogP contribution is 2.18. The van der Waals surface area contributed by atoms with Crippen LogP contribution in [0.1, 0.15) is 11.4 Å². The summed E-state index contributed by atoms with van der Waals surface area (Å²) in [5.74, 6) is 0.438. The third-order valence-electron chi connectivity index (χ3n) is 3.42. The van der Waals surface area contributed by atoms with E-state index in [-0.39, 0.29) is 12.5 Å². The average Bonchev–Trinajstić information content (AvgIpc) is 2.91. The number of para-hydroxylation sites is 2. The van der Waals surface area contributed by atoms with Gasteiger partial charge in [-0.15, -0.1) is 0 Å². The van der Waals surface area contributed by atoms with Gasteiger partial charge in [-0.2, -0.15) is 0 Å². The minimum atomic E-state index is -0.294. The van der Waals surface area contributed by atoms with Gasteiger partial charge in [-0.25, -0.2) is 4.98 Å². The van der Waals surface area contributed by atoms with E-state index in [1.165, 1.54) is 7.11 Å². The van der Waals surface area contributed by atoms with Crippen molar-refractivity contribution in [2.24, 2.45) is 0 Å². The highest BCUT2D eigenvalue weighted by atomic mass is 16.5. The van der Waals surface area contributed by atoms with E-state index in [1.54, 1.807) is 0 Å². The molecule has 0 aliphatic heterocycles.